The third kappa shape index (κ3) is 12.4. The molecule has 1 fully saturated rings. The van der Waals surface area contributed by atoms with E-state index in [2.05, 4.69) is 180 Å². The Morgan fingerprint density at radius 2 is 0.649 bits per heavy atom. The second kappa shape index (κ2) is 19.6. The van der Waals surface area contributed by atoms with Crippen LogP contribution in [0.3, 0.4) is 0 Å². The molecule has 1 aliphatic rings. The highest BCUT2D eigenvalue weighted by Gasteiger charge is 2.51. The summed E-state index contributed by atoms with van der Waals surface area (Å²) >= 11 is 0. The fraction of sp³-hybridized carbons (Fsp3) is 0.547. The Morgan fingerprint density at radius 3 is 0.842 bits per heavy atom. The molecule has 5 rings (SSSR count). The van der Waals surface area contributed by atoms with Crippen molar-refractivity contribution in [1.82, 2.24) is 0 Å². The lowest BCUT2D eigenvalue weighted by atomic mass is 9.99. The van der Waals surface area contributed by atoms with Gasteiger partial charge in [-0.15, -0.1) is 0 Å². The van der Waals surface area contributed by atoms with E-state index in [-0.39, 0.29) is 12.2 Å². The van der Waals surface area contributed by atoms with Gasteiger partial charge < -0.3 is 18.4 Å². The van der Waals surface area contributed by atoms with Crippen molar-refractivity contribution in [3.8, 4) is 0 Å². The van der Waals surface area contributed by atoms with Crippen LogP contribution in [0.5, 0.6) is 0 Å². The molecule has 0 radical (unpaired) electrons. The largest absolute Gasteiger partial charge is 0.338 e. The third-order valence-corrected chi connectivity index (χ3v) is 12.5. The maximum atomic E-state index is 7.40. The van der Waals surface area contributed by atoms with E-state index in [9.17, 15) is 0 Å². The van der Waals surface area contributed by atoms with Crippen LogP contribution in [0.15, 0.2) is 97.1 Å². The Balaban J connectivity index is 1.53. The second-order valence-corrected chi connectivity index (χ2v) is 19.5. The van der Waals surface area contributed by atoms with E-state index in [1.807, 2.05) is 0 Å². The van der Waals surface area contributed by atoms with E-state index in [1.54, 1.807) is 0 Å². The van der Waals surface area contributed by atoms with Crippen LogP contribution in [0.2, 0.25) is 0 Å². The molecule has 0 saturated carbocycles. The summed E-state index contributed by atoms with van der Waals surface area (Å²) in [4.78, 5) is 0. The molecule has 0 N–H and O–H groups in total. The summed E-state index contributed by atoms with van der Waals surface area (Å²) in [5, 5.41) is 0. The third-order valence-electron chi connectivity index (χ3n) is 12.5. The van der Waals surface area contributed by atoms with Crippen LogP contribution in [-0.4, -0.2) is 54.1 Å². The average molecular weight is 775 g/mol. The van der Waals surface area contributed by atoms with Gasteiger partial charge in [0.15, 0.2) is 5.79 Å². The lowest BCUT2D eigenvalue weighted by molar-refractivity contribution is -0.944. The number of quaternary nitrogens is 2. The first-order valence-electron chi connectivity index (χ1n) is 22.4. The number of likely N-dealkylation sites (N-methyl/N-ethyl adjacent to an activating group) is 2. The molecule has 310 valence electrons. The van der Waals surface area contributed by atoms with E-state index in [0.717, 1.165) is 73.9 Å². The van der Waals surface area contributed by atoms with Crippen LogP contribution < -0.4 is 0 Å². The zero-order valence-corrected chi connectivity index (χ0v) is 38.0. The van der Waals surface area contributed by atoms with Crippen LogP contribution in [-0.2, 0) is 35.7 Å². The number of rotatable bonds is 20. The van der Waals surface area contributed by atoms with Gasteiger partial charge >= 0.3 is 0 Å². The smallest absolute Gasteiger partial charge is 0.169 e. The molecule has 0 unspecified atom stereocenters. The van der Waals surface area contributed by atoms with Crippen LogP contribution in [0.1, 0.15) is 163 Å². The molecule has 1 aliphatic heterocycles. The van der Waals surface area contributed by atoms with Crippen molar-refractivity contribution in [3.05, 3.63) is 142 Å². The van der Waals surface area contributed by atoms with Gasteiger partial charge in [0.2, 0.25) is 0 Å². The fourth-order valence-electron chi connectivity index (χ4n) is 9.20. The highest BCUT2D eigenvalue weighted by molar-refractivity contribution is 5.27. The van der Waals surface area contributed by atoms with Gasteiger partial charge in [0.05, 0.1) is 14.1 Å². The number of hydrogen-bond donors (Lipinski definition) is 0. The minimum Gasteiger partial charge on any atom is -0.338 e. The Kier molecular flexibility index (Phi) is 15.4. The van der Waals surface area contributed by atoms with Crippen LogP contribution in [0.25, 0.3) is 0 Å². The summed E-state index contributed by atoms with van der Waals surface area (Å²) in [5.74, 6) is 1.52. The second-order valence-electron chi connectivity index (χ2n) is 19.5. The molecule has 0 aliphatic carbocycles. The first kappa shape index (κ1) is 44.8. The van der Waals surface area contributed by atoms with Crippen molar-refractivity contribution in [2.45, 2.75) is 163 Å². The van der Waals surface area contributed by atoms with E-state index in [1.165, 1.54) is 44.5 Å². The predicted octanol–water partition coefficient (Wildman–Crippen LogP) is 13.3. The molecular weight excluding hydrogens is 697 g/mol. The minimum atomic E-state index is -0.551. The van der Waals surface area contributed by atoms with Gasteiger partial charge in [-0.25, -0.2) is 0 Å². The van der Waals surface area contributed by atoms with Gasteiger partial charge in [0, 0.05) is 35.1 Å². The first-order chi connectivity index (χ1) is 27.0. The highest BCUT2D eigenvalue weighted by atomic mass is 16.8. The van der Waals surface area contributed by atoms with Crippen molar-refractivity contribution in [2.75, 3.05) is 27.2 Å². The topological polar surface area (TPSA) is 18.5 Å². The summed E-state index contributed by atoms with van der Waals surface area (Å²) < 4.78 is 16.5. The van der Waals surface area contributed by atoms with E-state index in [0.29, 0.717) is 23.7 Å². The van der Waals surface area contributed by atoms with Crippen LogP contribution in [0.4, 0.5) is 0 Å². The van der Waals surface area contributed by atoms with Crippen LogP contribution >= 0.6 is 0 Å². The van der Waals surface area contributed by atoms with Crippen LogP contribution in [0, 0.1) is 0 Å². The Hall–Kier alpha value is -3.28. The molecular formula is C53H78N2O2+2. The van der Waals surface area contributed by atoms with Gasteiger partial charge in [-0.2, -0.15) is 0 Å². The molecule has 4 aromatic rings. The monoisotopic (exact) mass is 775 g/mol. The number of nitrogens with zero attached hydrogens (tertiary/aromatic N) is 2. The SMILES string of the molecule is CCCC1(CCC)O[C@@H](C[N+](C)(Cc2ccc(C(C)C)cc2)Cc2ccc(C(C)C)cc2)[C@H](C[N+](C)(Cc2ccc(C(C)C)cc2)Cc2ccc(C(C)C)cc2)O1. The van der Waals surface area contributed by atoms with E-state index in [4.69, 9.17) is 9.47 Å². The van der Waals surface area contributed by atoms with Crippen molar-refractivity contribution < 1.29 is 18.4 Å². The highest BCUT2D eigenvalue weighted by Crippen LogP contribution is 2.40. The van der Waals surface area contributed by atoms with Gasteiger partial charge in [-0.1, -0.05) is 179 Å². The minimum absolute atomic E-state index is 0.0398. The number of benzene rings is 4. The Bertz CT molecular complexity index is 1550. The lowest BCUT2D eigenvalue weighted by Gasteiger charge is -2.40. The molecule has 57 heavy (non-hydrogen) atoms. The molecule has 0 amide bonds. The molecule has 0 bridgehead atoms. The predicted molar refractivity (Wildman–Crippen MR) is 241 cm³/mol. The summed E-state index contributed by atoms with van der Waals surface area (Å²) in [6.07, 6.45) is 3.83. The van der Waals surface area contributed by atoms with E-state index >= 15 is 0 Å². The molecule has 1 heterocycles. The summed E-state index contributed by atoms with van der Waals surface area (Å²) in [5.41, 5.74) is 11.1. The molecule has 4 nitrogen and oxygen atoms in total. The summed E-state index contributed by atoms with van der Waals surface area (Å²) in [7, 11) is 4.90. The Labute approximate surface area is 348 Å². The molecule has 4 heteroatoms. The number of hydrogen-bond acceptors (Lipinski definition) is 2. The molecule has 4 aromatic carbocycles. The summed E-state index contributed by atoms with van der Waals surface area (Å²) in [6.45, 7) is 28.3. The number of ether oxygens (including phenoxy) is 2. The quantitative estimate of drug-likeness (QED) is 0.0833. The Morgan fingerprint density at radius 1 is 0.421 bits per heavy atom. The zero-order valence-electron chi connectivity index (χ0n) is 38.0. The van der Waals surface area contributed by atoms with Gasteiger partial charge in [-0.05, 0) is 45.9 Å². The normalized spacial score (nSPS) is 17.4. The van der Waals surface area contributed by atoms with Gasteiger partial charge in [0.1, 0.15) is 51.5 Å². The standard InChI is InChI=1S/C53H78N2O2/c1-13-31-53(32-14-2)56-51(37-54(11,33-43-15-23-47(24-16-43)39(3)4)34-44-17-25-48(26-18-44)40(5)6)52(57-53)38-55(12,35-45-19-27-49(28-20-45)41(7)8)36-46-21-29-50(30-22-46)42(9)10/h15-30,39-42,51-52H,13-14,31-38H2,1-12H3/q+2/t51-,52-/m0/s1. The van der Waals surface area contributed by atoms with Crippen molar-refractivity contribution in [1.29, 1.82) is 0 Å². The molecule has 1 saturated heterocycles. The molecule has 0 spiro atoms. The van der Waals surface area contributed by atoms with Gasteiger partial charge in [-0.3, -0.25) is 0 Å². The van der Waals surface area contributed by atoms with E-state index < -0.39 is 5.79 Å². The van der Waals surface area contributed by atoms with Crippen molar-refractivity contribution in [2.24, 2.45) is 0 Å². The maximum Gasteiger partial charge on any atom is 0.169 e. The maximum absolute atomic E-state index is 7.40. The zero-order chi connectivity index (χ0) is 41.4. The van der Waals surface area contributed by atoms with Crippen molar-refractivity contribution in [3.63, 3.8) is 0 Å². The molecule has 0 aromatic heterocycles. The first-order valence-corrected chi connectivity index (χ1v) is 22.4. The molecule has 2 atom stereocenters. The van der Waals surface area contributed by atoms with Crippen molar-refractivity contribution >= 4 is 0 Å². The summed E-state index contributed by atoms with van der Waals surface area (Å²) in [6, 6.07) is 37.5. The fourth-order valence-corrected chi connectivity index (χ4v) is 9.20. The average Bonchev–Trinajstić information content (AvgIpc) is 3.46. The van der Waals surface area contributed by atoms with Gasteiger partial charge in [0.25, 0.3) is 0 Å². The lowest BCUT2D eigenvalue weighted by Crippen LogP contribution is -2.54.